The standard InChI is InChI=1S/C31H34OSi2/c1-22-13-17-24(18-14-22)33(3,4)30-11-7-9-26-27-10-8-12-31(29(27)21-28(26)30)34(5,6)25-19-15-23(32-2)16-20-25/h7-20H,21H2,1-6H3. The summed E-state index contributed by atoms with van der Waals surface area (Å²) in [4.78, 5) is 0. The van der Waals surface area contributed by atoms with Gasteiger partial charge in [-0.3, -0.25) is 0 Å². The van der Waals surface area contributed by atoms with Crippen LogP contribution >= 0.6 is 0 Å². The summed E-state index contributed by atoms with van der Waals surface area (Å²) in [5, 5.41) is 6.11. The van der Waals surface area contributed by atoms with E-state index in [0.29, 0.717) is 0 Å². The van der Waals surface area contributed by atoms with Gasteiger partial charge in [0.2, 0.25) is 0 Å². The third-order valence-corrected chi connectivity index (χ3v) is 15.1. The number of fused-ring (bicyclic) bond motifs is 3. The molecule has 0 N–H and O–H groups in total. The van der Waals surface area contributed by atoms with Gasteiger partial charge in [0, 0.05) is 0 Å². The van der Waals surface area contributed by atoms with Crippen LogP contribution < -0.4 is 25.5 Å². The third kappa shape index (κ3) is 3.68. The van der Waals surface area contributed by atoms with Crippen molar-refractivity contribution in [2.24, 2.45) is 0 Å². The first-order valence-corrected chi connectivity index (χ1v) is 18.2. The Morgan fingerprint density at radius 3 is 1.47 bits per heavy atom. The minimum absolute atomic E-state index is 0.923. The van der Waals surface area contributed by atoms with Gasteiger partial charge in [-0.15, -0.1) is 0 Å². The molecule has 0 radical (unpaired) electrons. The van der Waals surface area contributed by atoms with Gasteiger partial charge in [0.1, 0.15) is 21.9 Å². The molecule has 5 rings (SSSR count). The quantitative estimate of drug-likeness (QED) is 0.315. The summed E-state index contributed by atoms with van der Waals surface area (Å²) in [7, 11) is -1.95. The van der Waals surface area contributed by atoms with Crippen molar-refractivity contribution in [1.82, 2.24) is 0 Å². The molecular weight excluding hydrogens is 445 g/mol. The Morgan fingerprint density at radius 2 is 1.03 bits per heavy atom. The van der Waals surface area contributed by atoms with Crippen LogP contribution in [-0.4, -0.2) is 23.3 Å². The number of hydrogen-bond donors (Lipinski definition) is 0. The zero-order valence-corrected chi connectivity index (χ0v) is 23.2. The van der Waals surface area contributed by atoms with E-state index < -0.39 is 16.1 Å². The van der Waals surface area contributed by atoms with E-state index in [1.54, 1.807) is 28.6 Å². The molecule has 4 aromatic rings. The van der Waals surface area contributed by atoms with Crippen molar-refractivity contribution in [2.45, 2.75) is 39.5 Å². The Balaban J connectivity index is 1.60. The van der Waals surface area contributed by atoms with Crippen LogP contribution in [0.4, 0.5) is 0 Å². The number of rotatable bonds is 5. The van der Waals surface area contributed by atoms with Crippen molar-refractivity contribution in [1.29, 1.82) is 0 Å². The first-order valence-electron chi connectivity index (χ1n) is 12.2. The lowest BCUT2D eigenvalue weighted by Gasteiger charge is -2.27. The van der Waals surface area contributed by atoms with Gasteiger partial charge in [-0.2, -0.15) is 0 Å². The van der Waals surface area contributed by atoms with Gasteiger partial charge in [-0.05, 0) is 47.7 Å². The molecule has 4 aromatic carbocycles. The van der Waals surface area contributed by atoms with E-state index >= 15 is 0 Å². The summed E-state index contributed by atoms with van der Waals surface area (Å²) in [6.07, 6.45) is 1.05. The average molecular weight is 479 g/mol. The van der Waals surface area contributed by atoms with Crippen molar-refractivity contribution in [3.8, 4) is 16.9 Å². The van der Waals surface area contributed by atoms with Crippen LogP contribution in [0.5, 0.6) is 5.75 Å². The maximum atomic E-state index is 5.41. The van der Waals surface area contributed by atoms with Gasteiger partial charge < -0.3 is 4.74 Å². The predicted octanol–water partition coefficient (Wildman–Crippen LogP) is 5.22. The van der Waals surface area contributed by atoms with E-state index in [-0.39, 0.29) is 0 Å². The molecule has 3 heteroatoms. The lowest BCUT2D eigenvalue weighted by molar-refractivity contribution is 0.415. The third-order valence-electron chi connectivity index (χ3n) is 7.93. The molecule has 0 aliphatic heterocycles. The summed E-state index contributed by atoms with van der Waals surface area (Å²) in [5.41, 5.74) is 7.32. The van der Waals surface area contributed by atoms with Crippen LogP contribution in [0.3, 0.4) is 0 Å². The zero-order valence-electron chi connectivity index (χ0n) is 21.2. The van der Waals surface area contributed by atoms with E-state index in [2.05, 4.69) is 118 Å². The number of ether oxygens (including phenoxy) is 1. The molecule has 0 fully saturated rings. The molecule has 0 saturated heterocycles. The van der Waals surface area contributed by atoms with Gasteiger partial charge in [0.15, 0.2) is 0 Å². The molecule has 0 unspecified atom stereocenters. The van der Waals surface area contributed by atoms with Crippen LogP contribution in [0.15, 0.2) is 84.9 Å². The van der Waals surface area contributed by atoms with Crippen molar-refractivity contribution in [3.63, 3.8) is 0 Å². The monoisotopic (exact) mass is 478 g/mol. The average Bonchev–Trinajstić information content (AvgIpc) is 3.23. The van der Waals surface area contributed by atoms with Crippen LogP contribution in [-0.2, 0) is 6.42 Å². The first-order chi connectivity index (χ1) is 16.2. The fourth-order valence-corrected chi connectivity index (χ4v) is 11.3. The van der Waals surface area contributed by atoms with Gasteiger partial charge in [-0.25, -0.2) is 0 Å². The number of methoxy groups -OCH3 is 1. The lowest BCUT2D eigenvalue weighted by atomic mass is 10.1. The highest BCUT2D eigenvalue weighted by atomic mass is 28.3. The molecule has 1 aliphatic carbocycles. The van der Waals surface area contributed by atoms with E-state index in [1.807, 2.05) is 0 Å². The Labute approximate surface area is 206 Å². The van der Waals surface area contributed by atoms with Gasteiger partial charge in [0.25, 0.3) is 0 Å². The molecule has 0 bridgehead atoms. The smallest absolute Gasteiger partial charge is 0.118 e. The Bertz CT molecular complexity index is 1350. The molecule has 1 aliphatic rings. The molecule has 0 amide bonds. The van der Waals surface area contributed by atoms with Gasteiger partial charge in [0.05, 0.1) is 7.11 Å². The second-order valence-electron chi connectivity index (χ2n) is 10.7. The summed E-state index contributed by atoms with van der Waals surface area (Å²) in [6.45, 7) is 12.2. The Morgan fingerprint density at radius 1 is 0.588 bits per heavy atom. The highest BCUT2D eigenvalue weighted by Gasteiger charge is 2.36. The van der Waals surface area contributed by atoms with Crippen LogP contribution in [0.25, 0.3) is 11.1 Å². The minimum Gasteiger partial charge on any atom is -0.497 e. The van der Waals surface area contributed by atoms with Gasteiger partial charge in [-0.1, -0.05) is 125 Å². The van der Waals surface area contributed by atoms with Gasteiger partial charge >= 0.3 is 0 Å². The van der Waals surface area contributed by atoms with Crippen LogP contribution in [0.2, 0.25) is 26.2 Å². The van der Waals surface area contributed by atoms with Crippen molar-refractivity contribution in [2.75, 3.05) is 7.11 Å². The fraction of sp³-hybridized carbons (Fsp3) is 0.226. The van der Waals surface area contributed by atoms with Crippen molar-refractivity contribution in [3.05, 3.63) is 102 Å². The zero-order chi connectivity index (χ0) is 24.1. The van der Waals surface area contributed by atoms with Crippen molar-refractivity contribution >= 4 is 36.9 Å². The summed E-state index contributed by atoms with van der Waals surface area (Å²) < 4.78 is 5.41. The molecular formula is C31H34OSi2. The second kappa shape index (κ2) is 8.40. The van der Waals surface area contributed by atoms with Crippen LogP contribution in [0, 0.1) is 6.92 Å². The van der Waals surface area contributed by atoms with E-state index in [4.69, 9.17) is 4.74 Å². The molecule has 0 heterocycles. The Hall–Kier alpha value is -2.89. The highest BCUT2D eigenvalue weighted by molar-refractivity contribution is 7.01. The molecule has 34 heavy (non-hydrogen) atoms. The highest BCUT2D eigenvalue weighted by Crippen LogP contribution is 2.36. The number of aryl methyl sites for hydroxylation is 1. The largest absolute Gasteiger partial charge is 0.497 e. The lowest BCUT2D eigenvalue weighted by Crippen LogP contribution is -2.55. The maximum Gasteiger partial charge on any atom is 0.118 e. The minimum atomic E-state index is -1.87. The Kier molecular flexibility index (Phi) is 5.66. The number of benzene rings is 4. The predicted molar refractivity (Wildman–Crippen MR) is 152 cm³/mol. The summed E-state index contributed by atoms with van der Waals surface area (Å²) in [5.74, 6) is 0.923. The van der Waals surface area contributed by atoms with Crippen LogP contribution in [0.1, 0.15) is 16.7 Å². The SMILES string of the molecule is COc1ccc([Si](C)(C)c2cccc3c2Cc2c-3cccc2[Si](C)(C)c2ccc(C)cc2)cc1. The van der Waals surface area contributed by atoms with Crippen molar-refractivity contribution < 1.29 is 4.74 Å². The molecule has 0 spiro atoms. The topological polar surface area (TPSA) is 9.23 Å². The normalized spacial score (nSPS) is 12.9. The summed E-state index contributed by atoms with van der Waals surface area (Å²) >= 11 is 0. The second-order valence-corrected chi connectivity index (χ2v) is 19.4. The molecule has 1 nitrogen and oxygen atoms in total. The molecule has 172 valence electrons. The molecule has 0 atom stereocenters. The fourth-order valence-electron chi connectivity index (χ4n) is 5.70. The molecule has 0 aromatic heterocycles. The number of hydrogen-bond acceptors (Lipinski definition) is 1. The molecule has 0 saturated carbocycles. The van der Waals surface area contributed by atoms with E-state index in [1.165, 1.54) is 27.1 Å². The van der Waals surface area contributed by atoms with E-state index in [9.17, 15) is 0 Å². The maximum absolute atomic E-state index is 5.41. The van der Waals surface area contributed by atoms with E-state index in [0.717, 1.165) is 12.2 Å². The summed E-state index contributed by atoms with van der Waals surface area (Å²) in [6, 6.07) is 32.0. The first kappa shape index (κ1) is 22.9.